The molecule has 0 spiro atoms. The van der Waals surface area contributed by atoms with Crippen molar-refractivity contribution in [2.75, 3.05) is 31.6 Å². The van der Waals surface area contributed by atoms with E-state index in [1.54, 1.807) is 0 Å². The fourth-order valence-corrected chi connectivity index (χ4v) is 4.78. The molecule has 1 amide bonds. The summed E-state index contributed by atoms with van der Waals surface area (Å²) in [5, 5.41) is 6.91. The van der Waals surface area contributed by atoms with E-state index in [4.69, 9.17) is 16.3 Å². The van der Waals surface area contributed by atoms with Gasteiger partial charge in [-0.05, 0) is 19.1 Å². The van der Waals surface area contributed by atoms with Crippen molar-refractivity contribution in [3.8, 4) is 10.6 Å². The molecular formula is C19H19ClN4O2S2. The third kappa shape index (κ3) is 4.59. The van der Waals surface area contributed by atoms with Gasteiger partial charge in [-0.25, -0.2) is 9.97 Å². The quantitative estimate of drug-likeness (QED) is 0.648. The Labute approximate surface area is 176 Å². The van der Waals surface area contributed by atoms with Gasteiger partial charge in [-0.2, -0.15) is 0 Å². The second-order valence-electron chi connectivity index (χ2n) is 6.43. The van der Waals surface area contributed by atoms with Gasteiger partial charge in [0.15, 0.2) is 5.13 Å². The maximum Gasteiger partial charge on any atom is 0.269 e. The molecular weight excluding hydrogens is 416 g/mol. The van der Waals surface area contributed by atoms with Crippen LogP contribution in [0.3, 0.4) is 0 Å². The van der Waals surface area contributed by atoms with E-state index in [1.165, 1.54) is 22.7 Å². The molecule has 4 rings (SSSR count). The molecule has 0 aliphatic carbocycles. The van der Waals surface area contributed by atoms with E-state index < -0.39 is 0 Å². The van der Waals surface area contributed by atoms with Crippen molar-refractivity contribution in [3.05, 3.63) is 50.9 Å². The van der Waals surface area contributed by atoms with Crippen molar-refractivity contribution < 1.29 is 9.53 Å². The van der Waals surface area contributed by atoms with Crippen LogP contribution in [0.1, 0.15) is 21.1 Å². The number of benzene rings is 1. The molecule has 1 N–H and O–H groups in total. The average molecular weight is 435 g/mol. The number of aryl methyl sites for hydroxylation is 1. The number of thiazole rings is 2. The van der Waals surface area contributed by atoms with Crippen molar-refractivity contribution >= 4 is 45.3 Å². The summed E-state index contributed by atoms with van der Waals surface area (Å²) in [6.45, 7) is 5.94. The van der Waals surface area contributed by atoms with Crippen LogP contribution in [0, 0.1) is 6.92 Å². The fourth-order valence-electron chi connectivity index (χ4n) is 2.93. The Morgan fingerprint density at radius 1 is 1.32 bits per heavy atom. The molecule has 0 atom stereocenters. The van der Waals surface area contributed by atoms with E-state index in [9.17, 15) is 4.79 Å². The lowest BCUT2D eigenvalue weighted by molar-refractivity contribution is 0.0337. The van der Waals surface area contributed by atoms with Gasteiger partial charge < -0.3 is 4.74 Å². The Kier molecular flexibility index (Phi) is 6.03. The topological polar surface area (TPSA) is 67.4 Å². The molecule has 0 radical (unpaired) electrons. The van der Waals surface area contributed by atoms with Gasteiger partial charge in [-0.1, -0.05) is 23.7 Å². The molecule has 28 heavy (non-hydrogen) atoms. The van der Waals surface area contributed by atoms with Gasteiger partial charge >= 0.3 is 0 Å². The standard InChI is InChI=1S/C19H19ClN4O2S2/c1-12-16(28-18(21-12)13-3-2-4-14(20)9-13)17(25)23-19-22-15(11-27-19)10-24-5-7-26-8-6-24/h2-4,9,11H,5-8,10H2,1H3,(H,22,23,25). The third-order valence-corrected chi connectivity index (χ3v) is 6.58. The third-order valence-electron chi connectivity index (χ3n) is 4.34. The highest BCUT2D eigenvalue weighted by Gasteiger charge is 2.18. The normalized spacial score (nSPS) is 14.9. The van der Waals surface area contributed by atoms with Crippen LogP contribution in [-0.2, 0) is 11.3 Å². The Balaban J connectivity index is 1.44. The molecule has 1 aliphatic heterocycles. The summed E-state index contributed by atoms with van der Waals surface area (Å²) in [4.78, 5) is 24.7. The maximum absolute atomic E-state index is 12.7. The van der Waals surface area contributed by atoms with Gasteiger partial charge in [0.1, 0.15) is 9.88 Å². The largest absolute Gasteiger partial charge is 0.379 e. The minimum atomic E-state index is -0.185. The number of nitrogens with one attached hydrogen (secondary N) is 1. The van der Waals surface area contributed by atoms with Crippen LogP contribution in [0.25, 0.3) is 10.6 Å². The smallest absolute Gasteiger partial charge is 0.269 e. The molecule has 146 valence electrons. The van der Waals surface area contributed by atoms with E-state index in [-0.39, 0.29) is 5.91 Å². The number of carbonyl (C=O) groups excluding carboxylic acids is 1. The van der Waals surface area contributed by atoms with Crippen LogP contribution >= 0.6 is 34.3 Å². The molecule has 0 unspecified atom stereocenters. The first-order chi connectivity index (χ1) is 13.6. The predicted molar refractivity (Wildman–Crippen MR) is 113 cm³/mol. The van der Waals surface area contributed by atoms with E-state index in [1.807, 2.05) is 36.6 Å². The molecule has 1 aromatic carbocycles. The molecule has 6 nitrogen and oxygen atoms in total. The Morgan fingerprint density at radius 2 is 2.14 bits per heavy atom. The molecule has 3 aromatic rings. The number of nitrogens with zero attached hydrogens (tertiary/aromatic N) is 3. The summed E-state index contributed by atoms with van der Waals surface area (Å²) < 4.78 is 5.37. The van der Waals surface area contributed by atoms with Crippen LogP contribution in [-0.4, -0.2) is 47.1 Å². The van der Waals surface area contributed by atoms with E-state index in [2.05, 4.69) is 20.2 Å². The molecule has 0 bridgehead atoms. The second-order valence-corrected chi connectivity index (χ2v) is 8.72. The molecule has 1 aliphatic rings. The zero-order chi connectivity index (χ0) is 19.5. The first-order valence-corrected chi connectivity index (χ1v) is 10.9. The highest BCUT2D eigenvalue weighted by Crippen LogP contribution is 2.30. The number of anilines is 1. The monoisotopic (exact) mass is 434 g/mol. The SMILES string of the molecule is Cc1nc(-c2cccc(Cl)c2)sc1C(=O)Nc1nc(CN2CCOCC2)cs1. The molecule has 3 heterocycles. The predicted octanol–water partition coefficient (Wildman–Crippen LogP) is 4.31. The number of hydrogen-bond acceptors (Lipinski definition) is 7. The van der Waals surface area contributed by atoms with Crippen molar-refractivity contribution in [3.63, 3.8) is 0 Å². The van der Waals surface area contributed by atoms with Crippen molar-refractivity contribution in [2.24, 2.45) is 0 Å². The zero-order valence-corrected chi connectivity index (χ0v) is 17.7. The highest BCUT2D eigenvalue weighted by atomic mass is 35.5. The number of aromatic nitrogens is 2. The summed E-state index contributed by atoms with van der Waals surface area (Å²) >= 11 is 8.86. The second kappa shape index (κ2) is 8.67. The summed E-state index contributed by atoms with van der Waals surface area (Å²) in [5.41, 5.74) is 2.56. The Bertz CT molecular complexity index is 982. The van der Waals surface area contributed by atoms with Gasteiger partial charge in [0.05, 0.1) is 24.6 Å². The van der Waals surface area contributed by atoms with Gasteiger partial charge in [0.25, 0.3) is 5.91 Å². The average Bonchev–Trinajstić information content (AvgIpc) is 3.29. The number of ether oxygens (including phenoxy) is 1. The zero-order valence-electron chi connectivity index (χ0n) is 15.3. The lowest BCUT2D eigenvalue weighted by Gasteiger charge is -2.25. The number of rotatable bonds is 5. The van der Waals surface area contributed by atoms with Crippen molar-refractivity contribution in [1.29, 1.82) is 0 Å². The van der Waals surface area contributed by atoms with Crippen LogP contribution in [0.15, 0.2) is 29.6 Å². The van der Waals surface area contributed by atoms with Crippen LogP contribution < -0.4 is 5.32 Å². The minimum Gasteiger partial charge on any atom is -0.379 e. The van der Waals surface area contributed by atoms with Crippen LogP contribution in [0.4, 0.5) is 5.13 Å². The number of morpholine rings is 1. The number of hydrogen-bond donors (Lipinski definition) is 1. The van der Waals surface area contributed by atoms with Crippen LogP contribution in [0.5, 0.6) is 0 Å². The first-order valence-electron chi connectivity index (χ1n) is 8.88. The molecule has 1 saturated heterocycles. The van der Waals surface area contributed by atoms with Gasteiger partial charge in [0, 0.05) is 35.6 Å². The van der Waals surface area contributed by atoms with E-state index in [0.717, 1.165) is 49.1 Å². The molecule has 1 fully saturated rings. The lowest BCUT2D eigenvalue weighted by atomic mass is 10.2. The Hall–Kier alpha value is -1.84. The first kappa shape index (κ1) is 19.5. The highest BCUT2D eigenvalue weighted by molar-refractivity contribution is 7.17. The van der Waals surface area contributed by atoms with Crippen molar-refractivity contribution in [2.45, 2.75) is 13.5 Å². The van der Waals surface area contributed by atoms with Gasteiger partial charge in [-0.3, -0.25) is 15.0 Å². The summed E-state index contributed by atoms with van der Waals surface area (Å²) in [5.74, 6) is -0.185. The minimum absolute atomic E-state index is 0.185. The molecule has 2 aromatic heterocycles. The number of amides is 1. The van der Waals surface area contributed by atoms with Gasteiger partial charge in [-0.15, -0.1) is 22.7 Å². The van der Waals surface area contributed by atoms with E-state index in [0.29, 0.717) is 20.7 Å². The van der Waals surface area contributed by atoms with Crippen LogP contribution in [0.2, 0.25) is 5.02 Å². The molecule has 9 heteroatoms. The fraction of sp³-hybridized carbons (Fsp3) is 0.316. The summed E-state index contributed by atoms with van der Waals surface area (Å²) in [7, 11) is 0. The van der Waals surface area contributed by atoms with Gasteiger partial charge in [0.2, 0.25) is 0 Å². The number of carbonyl (C=O) groups is 1. The van der Waals surface area contributed by atoms with Crippen molar-refractivity contribution in [1.82, 2.24) is 14.9 Å². The Morgan fingerprint density at radius 3 is 2.93 bits per heavy atom. The lowest BCUT2D eigenvalue weighted by Crippen LogP contribution is -2.35. The summed E-state index contributed by atoms with van der Waals surface area (Å²) in [6.07, 6.45) is 0. The molecule has 0 saturated carbocycles. The summed E-state index contributed by atoms with van der Waals surface area (Å²) in [6, 6.07) is 7.47. The van der Waals surface area contributed by atoms with E-state index >= 15 is 0 Å². The number of halogens is 1. The maximum atomic E-state index is 12.7.